The summed E-state index contributed by atoms with van der Waals surface area (Å²) in [6.07, 6.45) is 4.59. The van der Waals surface area contributed by atoms with E-state index in [0.29, 0.717) is 10.8 Å². The van der Waals surface area contributed by atoms with Gasteiger partial charge in [0.05, 0.1) is 0 Å². The quantitative estimate of drug-likeness (QED) is 0.650. The number of hydrogen-bond donors (Lipinski definition) is 2. The molecule has 96 valence electrons. The molecule has 0 radical (unpaired) electrons. The van der Waals surface area contributed by atoms with Gasteiger partial charge < -0.3 is 21.2 Å². The zero-order chi connectivity index (χ0) is 12.7. The maximum Gasteiger partial charge on any atom is 0.372 e. The van der Waals surface area contributed by atoms with Crippen LogP contribution in [0.25, 0.3) is 4.96 Å². The van der Waals surface area contributed by atoms with Gasteiger partial charge in [0.1, 0.15) is 6.20 Å². The second kappa shape index (κ2) is 4.21. The van der Waals surface area contributed by atoms with Gasteiger partial charge in [-0.3, -0.25) is 0 Å². The lowest BCUT2D eigenvalue weighted by atomic mass is 10.2. The molecule has 3 rings (SSSR count). The van der Waals surface area contributed by atoms with Gasteiger partial charge in [-0.1, -0.05) is 11.3 Å². The zero-order valence-electron chi connectivity index (χ0n) is 9.57. The normalized spacial score (nSPS) is 23.6. The van der Waals surface area contributed by atoms with Crippen LogP contribution in [0.2, 0.25) is 0 Å². The number of nitrogens with one attached hydrogen (secondary N) is 1. The number of nitrogens with zero attached hydrogens (tertiary/aromatic N) is 3. The monoisotopic (exact) mass is 267 g/mol. The number of imidazole rings is 1. The summed E-state index contributed by atoms with van der Waals surface area (Å²) < 4.78 is 1.49. The van der Waals surface area contributed by atoms with E-state index in [1.807, 2.05) is 0 Å². The lowest BCUT2D eigenvalue weighted by Crippen LogP contribution is -2.35. The van der Waals surface area contributed by atoms with Crippen LogP contribution in [-0.4, -0.2) is 26.4 Å². The predicted molar refractivity (Wildman–Crippen MR) is 69.0 cm³/mol. The molecular formula is C10H13N5O2S. The van der Waals surface area contributed by atoms with Crippen molar-refractivity contribution >= 4 is 27.9 Å². The Hall–Kier alpha value is -1.67. The third-order valence-corrected chi connectivity index (χ3v) is 4.06. The van der Waals surface area contributed by atoms with Crippen molar-refractivity contribution in [3.05, 3.63) is 21.7 Å². The smallest absolute Gasteiger partial charge is 0.359 e. The van der Waals surface area contributed by atoms with Gasteiger partial charge in [-0.25, -0.2) is 0 Å². The Balaban J connectivity index is 1.97. The molecule has 3 N–H and O–H groups in total. The number of nitrogens with two attached hydrogens (primary N) is 1. The Bertz CT molecular complexity index is 592. The van der Waals surface area contributed by atoms with E-state index in [2.05, 4.69) is 10.3 Å². The van der Waals surface area contributed by atoms with Crippen molar-refractivity contribution in [2.75, 3.05) is 5.32 Å². The van der Waals surface area contributed by atoms with Crippen molar-refractivity contribution in [2.24, 2.45) is 5.73 Å². The molecule has 1 saturated carbocycles. The van der Waals surface area contributed by atoms with E-state index < -0.39 is 4.92 Å². The molecule has 0 aliphatic heterocycles. The van der Waals surface area contributed by atoms with E-state index in [1.165, 1.54) is 15.7 Å². The zero-order valence-corrected chi connectivity index (χ0v) is 10.4. The number of anilines is 1. The molecule has 2 heterocycles. The van der Waals surface area contributed by atoms with E-state index in [0.717, 1.165) is 19.3 Å². The number of rotatable bonds is 3. The lowest BCUT2D eigenvalue weighted by molar-refractivity contribution is -0.389. The van der Waals surface area contributed by atoms with Crippen LogP contribution < -0.4 is 11.1 Å². The van der Waals surface area contributed by atoms with Crippen LogP contribution in [0.5, 0.6) is 0 Å². The van der Waals surface area contributed by atoms with Crippen LogP contribution in [-0.2, 0) is 0 Å². The summed E-state index contributed by atoms with van der Waals surface area (Å²) in [5, 5.41) is 16.0. The summed E-state index contributed by atoms with van der Waals surface area (Å²) in [4.78, 5) is 15.6. The van der Waals surface area contributed by atoms with Gasteiger partial charge in [-0.05, 0) is 24.2 Å². The molecule has 7 nitrogen and oxygen atoms in total. The molecule has 0 amide bonds. The highest BCUT2D eigenvalue weighted by molar-refractivity contribution is 7.15. The Morgan fingerprint density at radius 1 is 1.61 bits per heavy atom. The predicted octanol–water partition coefficient (Wildman–Crippen LogP) is 1.60. The van der Waals surface area contributed by atoms with Crippen LogP contribution in [0.4, 0.5) is 11.6 Å². The summed E-state index contributed by atoms with van der Waals surface area (Å²) in [5.74, 6) is 0.319. The average Bonchev–Trinajstić information content (AvgIpc) is 2.95. The first-order valence-corrected chi connectivity index (χ1v) is 6.67. The molecule has 2 aromatic heterocycles. The van der Waals surface area contributed by atoms with E-state index in [-0.39, 0.29) is 17.9 Å². The molecule has 1 fully saturated rings. The second-order valence-electron chi connectivity index (χ2n) is 4.44. The number of thiazole rings is 1. The Morgan fingerprint density at radius 3 is 3.11 bits per heavy atom. The van der Waals surface area contributed by atoms with E-state index >= 15 is 0 Å². The van der Waals surface area contributed by atoms with Gasteiger partial charge in [-0.15, -0.1) is 0 Å². The highest BCUT2D eigenvalue weighted by atomic mass is 32.1. The molecule has 0 bridgehead atoms. The first kappa shape index (κ1) is 11.4. The Morgan fingerprint density at radius 2 is 2.44 bits per heavy atom. The molecule has 0 saturated heterocycles. The minimum Gasteiger partial charge on any atom is -0.359 e. The fourth-order valence-electron chi connectivity index (χ4n) is 2.39. The molecule has 2 unspecified atom stereocenters. The molecular weight excluding hydrogens is 254 g/mol. The standard InChI is InChI=1S/C10H13N5O2S/c11-6-2-1-3-7(6)12-8-9(15(16)17)14-4-5-18-10(14)13-8/h4-7,12H,1-3,11H2. The van der Waals surface area contributed by atoms with E-state index in [4.69, 9.17) is 5.73 Å². The van der Waals surface area contributed by atoms with Crippen LogP contribution in [0.15, 0.2) is 11.6 Å². The first-order valence-electron chi connectivity index (χ1n) is 5.79. The van der Waals surface area contributed by atoms with Crippen LogP contribution in [0.3, 0.4) is 0 Å². The molecule has 1 aliphatic rings. The van der Waals surface area contributed by atoms with Gasteiger partial charge in [0.15, 0.2) is 0 Å². The molecule has 2 atom stereocenters. The van der Waals surface area contributed by atoms with E-state index in [9.17, 15) is 10.1 Å². The van der Waals surface area contributed by atoms with Gasteiger partial charge in [0, 0.05) is 17.5 Å². The number of fused-ring (bicyclic) bond motifs is 1. The van der Waals surface area contributed by atoms with Crippen LogP contribution >= 0.6 is 11.3 Å². The molecule has 18 heavy (non-hydrogen) atoms. The Kier molecular flexibility index (Phi) is 2.67. The topological polar surface area (TPSA) is 98.5 Å². The maximum absolute atomic E-state index is 11.1. The minimum absolute atomic E-state index is 0.00894. The number of nitro groups is 1. The van der Waals surface area contributed by atoms with Crippen molar-refractivity contribution in [2.45, 2.75) is 31.3 Å². The summed E-state index contributed by atoms with van der Waals surface area (Å²) >= 11 is 1.37. The fourth-order valence-corrected chi connectivity index (χ4v) is 3.10. The highest BCUT2D eigenvalue weighted by Gasteiger charge is 2.29. The molecule has 0 aromatic carbocycles. The minimum atomic E-state index is -0.407. The van der Waals surface area contributed by atoms with Crippen molar-refractivity contribution in [1.82, 2.24) is 9.38 Å². The molecule has 2 aromatic rings. The van der Waals surface area contributed by atoms with Crippen molar-refractivity contribution in [3.8, 4) is 0 Å². The van der Waals surface area contributed by atoms with Gasteiger partial charge >= 0.3 is 5.82 Å². The van der Waals surface area contributed by atoms with Gasteiger partial charge in [-0.2, -0.15) is 9.38 Å². The summed E-state index contributed by atoms with van der Waals surface area (Å²) in [7, 11) is 0. The Labute approximate surface area is 107 Å². The van der Waals surface area contributed by atoms with Gasteiger partial charge in [0.2, 0.25) is 5.82 Å². The van der Waals surface area contributed by atoms with Crippen molar-refractivity contribution < 1.29 is 4.92 Å². The molecule has 0 spiro atoms. The third kappa shape index (κ3) is 1.73. The second-order valence-corrected chi connectivity index (χ2v) is 5.32. The molecule has 8 heteroatoms. The summed E-state index contributed by atoms with van der Waals surface area (Å²) in [6.45, 7) is 0. The fraction of sp³-hybridized carbons (Fsp3) is 0.500. The summed E-state index contributed by atoms with van der Waals surface area (Å²) in [5.41, 5.74) is 5.96. The highest BCUT2D eigenvalue weighted by Crippen LogP contribution is 2.30. The van der Waals surface area contributed by atoms with Crippen molar-refractivity contribution in [1.29, 1.82) is 0 Å². The van der Waals surface area contributed by atoms with Crippen molar-refractivity contribution in [3.63, 3.8) is 0 Å². The summed E-state index contributed by atoms with van der Waals surface area (Å²) in [6, 6.07) is 0.123. The number of hydrogen-bond acceptors (Lipinski definition) is 6. The van der Waals surface area contributed by atoms with E-state index in [1.54, 1.807) is 11.6 Å². The first-order chi connectivity index (χ1) is 8.66. The van der Waals surface area contributed by atoms with Crippen LogP contribution in [0.1, 0.15) is 19.3 Å². The third-order valence-electron chi connectivity index (χ3n) is 3.30. The largest absolute Gasteiger partial charge is 0.372 e. The maximum atomic E-state index is 11.1. The van der Waals surface area contributed by atoms with Crippen LogP contribution in [0, 0.1) is 10.1 Å². The van der Waals surface area contributed by atoms with Gasteiger partial charge in [0.25, 0.3) is 4.96 Å². The average molecular weight is 267 g/mol. The lowest BCUT2D eigenvalue weighted by Gasteiger charge is -2.16. The molecule has 1 aliphatic carbocycles. The number of aromatic nitrogens is 2. The SMILES string of the molecule is NC1CCCC1Nc1nc2sccn2c1[N+](=O)[O-].